The average molecular weight is 345 g/mol. The van der Waals surface area contributed by atoms with Crippen LogP contribution in [0.25, 0.3) is 10.2 Å². The summed E-state index contributed by atoms with van der Waals surface area (Å²) in [4.78, 5) is 33.2. The highest BCUT2D eigenvalue weighted by molar-refractivity contribution is 7.20. The first-order chi connectivity index (χ1) is 11.4. The van der Waals surface area contributed by atoms with E-state index in [0.717, 1.165) is 46.3 Å². The maximum absolute atomic E-state index is 13.1. The summed E-state index contributed by atoms with van der Waals surface area (Å²) >= 11 is 1.44. The molecule has 1 atom stereocenters. The zero-order valence-corrected chi connectivity index (χ0v) is 15.4. The first kappa shape index (κ1) is 16.9. The largest absolute Gasteiger partial charge is 0.357 e. The van der Waals surface area contributed by atoms with E-state index >= 15 is 0 Å². The molecule has 5 nitrogen and oxygen atoms in total. The second kappa shape index (κ2) is 6.51. The van der Waals surface area contributed by atoms with Crippen molar-refractivity contribution < 1.29 is 9.59 Å². The van der Waals surface area contributed by atoms with Crippen molar-refractivity contribution in [1.82, 2.24) is 15.2 Å². The standard InChI is InChI=1S/C18H23N3O2S/c1-10-9-11(2)20-17-14(10)12(3)15(24-17)18(23)21-8-6-5-7-13(21)16(22)19-4/h9,13H,5-8H2,1-4H3,(H,19,22)/t13-/m0/s1. The van der Waals surface area contributed by atoms with Crippen molar-refractivity contribution in [2.45, 2.75) is 46.1 Å². The minimum Gasteiger partial charge on any atom is -0.357 e. The first-order valence-electron chi connectivity index (χ1n) is 8.34. The molecule has 24 heavy (non-hydrogen) atoms. The van der Waals surface area contributed by atoms with Crippen molar-refractivity contribution in [3.8, 4) is 0 Å². The number of likely N-dealkylation sites (tertiary alicyclic amines) is 1. The number of hydrogen-bond donors (Lipinski definition) is 1. The lowest BCUT2D eigenvalue weighted by atomic mass is 10.0. The zero-order chi connectivity index (χ0) is 17.4. The van der Waals surface area contributed by atoms with E-state index in [1.165, 1.54) is 11.3 Å². The third kappa shape index (κ3) is 2.79. The van der Waals surface area contributed by atoms with Gasteiger partial charge in [-0.15, -0.1) is 11.3 Å². The maximum atomic E-state index is 13.1. The van der Waals surface area contributed by atoms with Gasteiger partial charge in [-0.3, -0.25) is 9.59 Å². The Labute approximate surface area is 146 Å². The summed E-state index contributed by atoms with van der Waals surface area (Å²) in [6.07, 6.45) is 2.65. The lowest BCUT2D eigenvalue weighted by molar-refractivity contribution is -0.126. The fraction of sp³-hybridized carbons (Fsp3) is 0.500. The van der Waals surface area contributed by atoms with Crippen molar-refractivity contribution in [3.63, 3.8) is 0 Å². The smallest absolute Gasteiger partial charge is 0.264 e. The summed E-state index contributed by atoms with van der Waals surface area (Å²) in [5.74, 6) is -0.118. The van der Waals surface area contributed by atoms with Gasteiger partial charge in [0.05, 0.1) is 4.88 Å². The third-order valence-electron chi connectivity index (χ3n) is 4.73. The summed E-state index contributed by atoms with van der Waals surface area (Å²) in [6.45, 7) is 6.64. The van der Waals surface area contributed by atoms with Crippen LogP contribution in [0.1, 0.15) is 45.8 Å². The number of carbonyl (C=O) groups is 2. The van der Waals surface area contributed by atoms with Crippen LogP contribution >= 0.6 is 11.3 Å². The maximum Gasteiger partial charge on any atom is 0.264 e. The van der Waals surface area contributed by atoms with Gasteiger partial charge in [-0.1, -0.05) is 0 Å². The Balaban J connectivity index is 2.03. The van der Waals surface area contributed by atoms with Gasteiger partial charge in [-0.05, 0) is 57.2 Å². The highest BCUT2D eigenvalue weighted by Gasteiger charge is 2.33. The van der Waals surface area contributed by atoms with Crippen LogP contribution in [-0.4, -0.2) is 41.3 Å². The van der Waals surface area contributed by atoms with Gasteiger partial charge in [-0.2, -0.15) is 0 Å². The fourth-order valence-electron chi connectivity index (χ4n) is 3.57. The SMILES string of the molecule is CNC(=O)[C@@H]1CCCCN1C(=O)c1sc2nc(C)cc(C)c2c1C. The molecule has 1 fully saturated rings. The van der Waals surface area contributed by atoms with E-state index in [0.29, 0.717) is 11.4 Å². The van der Waals surface area contributed by atoms with Crippen LogP contribution in [0.5, 0.6) is 0 Å². The van der Waals surface area contributed by atoms with Crippen LogP contribution < -0.4 is 5.32 Å². The van der Waals surface area contributed by atoms with Gasteiger partial charge in [0, 0.05) is 24.7 Å². The van der Waals surface area contributed by atoms with Crippen LogP contribution in [0.2, 0.25) is 0 Å². The number of rotatable bonds is 2. The number of fused-ring (bicyclic) bond motifs is 1. The molecular formula is C18H23N3O2S. The second-order valence-corrected chi connectivity index (χ2v) is 7.44. The Bertz CT molecular complexity index is 812. The lowest BCUT2D eigenvalue weighted by Gasteiger charge is -2.34. The van der Waals surface area contributed by atoms with Gasteiger partial charge in [-0.25, -0.2) is 4.98 Å². The molecule has 0 bridgehead atoms. The Morgan fingerprint density at radius 1 is 1.29 bits per heavy atom. The summed E-state index contributed by atoms with van der Waals surface area (Å²) < 4.78 is 0. The van der Waals surface area contributed by atoms with Crippen LogP contribution in [0.15, 0.2) is 6.07 Å². The predicted molar refractivity (Wildman–Crippen MR) is 96.6 cm³/mol. The molecule has 128 valence electrons. The van der Waals surface area contributed by atoms with Gasteiger partial charge in [0.2, 0.25) is 5.91 Å². The number of carbonyl (C=O) groups excluding carboxylic acids is 2. The Morgan fingerprint density at radius 2 is 2.04 bits per heavy atom. The Morgan fingerprint density at radius 3 is 2.75 bits per heavy atom. The van der Waals surface area contributed by atoms with Crippen LogP contribution in [0, 0.1) is 20.8 Å². The number of nitrogens with one attached hydrogen (secondary N) is 1. The number of pyridine rings is 1. The third-order valence-corrected chi connectivity index (χ3v) is 5.91. The van der Waals surface area contributed by atoms with Crippen molar-refractivity contribution >= 4 is 33.4 Å². The molecule has 0 saturated carbocycles. The summed E-state index contributed by atoms with van der Waals surface area (Å²) in [7, 11) is 1.63. The Hall–Kier alpha value is -1.95. The number of aryl methyl sites for hydroxylation is 3. The van der Waals surface area contributed by atoms with Gasteiger partial charge in [0.25, 0.3) is 5.91 Å². The summed E-state index contributed by atoms with van der Waals surface area (Å²) in [5, 5.41) is 3.76. The second-order valence-electron chi connectivity index (χ2n) is 6.44. The van der Waals surface area contributed by atoms with Crippen molar-refractivity contribution in [3.05, 3.63) is 27.8 Å². The quantitative estimate of drug-likeness (QED) is 0.910. The molecule has 0 unspecified atom stereocenters. The highest BCUT2D eigenvalue weighted by Crippen LogP contribution is 2.34. The van der Waals surface area contributed by atoms with Gasteiger partial charge in [0.1, 0.15) is 10.9 Å². The van der Waals surface area contributed by atoms with Crippen LogP contribution in [0.4, 0.5) is 0 Å². The molecule has 2 amide bonds. The topological polar surface area (TPSA) is 62.3 Å². The van der Waals surface area contributed by atoms with E-state index in [4.69, 9.17) is 0 Å². The van der Waals surface area contributed by atoms with Crippen molar-refractivity contribution in [2.75, 3.05) is 13.6 Å². The number of amides is 2. The van der Waals surface area contributed by atoms with E-state index in [1.807, 2.05) is 19.9 Å². The monoisotopic (exact) mass is 345 g/mol. The lowest BCUT2D eigenvalue weighted by Crippen LogP contribution is -2.51. The molecule has 1 N–H and O–H groups in total. The minimum absolute atomic E-state index is 0.0409. The molecular weight excluding hydrogens is 322 g/mol. The normalized spacial score (nSPS) is 18.0. The van der Waals surface area contributed by atoms with E-state index in [1.54, 1.807) is 11.9 Å². The van der Waals surface area contributed by atoms with Crippen LogP contribution in [-0.2, 0) is 4.79 Å². The van der Waals surface area contributed by atoms with Crippen LogP contribution in [0.3, 0.4) is 0 Å². The molecule has 2 aromatic rings. The van der Waals surface area contributed by atoms with Crippen molar-refractivity contribution in [1.29, 1.82) is 0 Å². The van der Waals surface area contributed by atoms with E-state index < -0.39 is 0 Å². The van der Waals surface area contributed by atoms with E-state index in [9.17, 15) is 9.59 Å². The zero-order valence-electron chi connectivity index (χ0n) is 14.6. The van der Waals surface area contributed by atoms with E-state index in [-0.39, 0.29) is 17.9 Å². The summed E-state index contributed by atoms with van der Waals surface area (Å²) in [5.41, 5.74) is 3.08. The molecule has 2 aromatic heterocycles. The molecule has 0 aliphatic carbocycles. The number of nitrogens with zero attached hydrogens (tertiary/aromatic N) is 2. The number of thiophene rings is 1. The summed E-state index contributed by atoms with van der Waals surface area (Å²) in [6, 6.07) is 1.68. The molecule has 1 aliphatic heterocycles. The first-order valence-corrected chi connectivity index (χ1v) is 9.15. The number of aromatic nitrogens is 1. The molecule has 0 spiro atoms. The molecule has 1 aliphatic rings. The van der Waals surface area contributed by atoms with Gasteiger partial charge in [0.15, 0.2) is 0 Å². The number of hydrogen-bond acceptors (Lipinski definition) is 4. The van der Waals surface area contributed by atoms with Crippen molar-refractivity contribution in [2.24, 2.45) is 0 Å². The number of piperidine rings is 1. The number of likely N-dealkylation sites (N-methyl/N-ethyl adjacent to an activating group) is 1. The van der Waals surface area contributed by atoms with Gasteiger partial charge < -0.3 is 10.2 Å². The fourth-order valence-corrected chi connectivity index (χ4v) is 4.83. The molecule has 0 aromatic carbocycles. The van der Waals surface area contributed by atoms with Gasteiger partial charge >= 0.3 is 0 Å². The predicted octanol–water partition coefficient (Wildman–Crippen LogP) is 2.96. The molecule has 1 saturated heterocycles. The average Bonchev–Trinajstić information content (AvgIpc) is 2.90. The molecule has 3 rings (SSSR count). The highest BCUT2D eigenvalue weighted by atomic mass is 32.1. The molecule has 0 radical (unpaired) electrons. The minimum atomic E-state index is -0.364. The van der Waals surface area contributed by atoms with E-state index in [2.05, 4.69) is 17.2 Å². The molecule has 6 heteroatoms. The Kier molecular flexibility index (Phi) is 4.58. The molecule has 3 heterocycles.